The molecular formula is C11H14FN3O3S2. The molecule has 0 unspecified atom stereocenters. The minimum absolute atomic E-state index is 0.165. The minimum Gasteiger partial charge on any atom is -0.389 e. The Morgan fingerprint density at radius 3 is 2.55 bits per heavy atom. The number of carbonyl (C=O) groups is 1. The molecule has 0 spiro atoms. The molecule has 0 fully saturated rings. The molecule has 0 aliphatic carbocycles. The second-order valence-electron chi connectivity index (χ2n) is 4.12. The number of halogens is 1. The number of rotatable bonds is 5. The van der Waals surface area contributed by atoms with Crippen LogP contribution in [0.25, 0.3) is 0 Å². The minimum atomic E-state index is -3.94. The molecule has 3 N–H and O–H groups in total. The molecule has 0 aliphatic rings. The van der Waals surface area contributed by atoms with Crippen LogP contribution >= 0.6 is 12.2 Å². The Morgan fingerprint density at radius 2 is 2.05 bits per heavy atom. The molecule has 20 heavy (non-hydrogen) atoms. The van der Waals surface area contributed by atoms with Crippen molar-refractivity contribution in [2.45, 2.75) is 4.90 Å². The van der Waals surface area contributed by atoms with Crippen molar-refractivity contribution in [2.75, 3.05) is 20.6 Å². The predicted octanol–water partition coefficient (Wildman–Crippen LogP) is -0.174. The van der Waals surface area contributed by atoms with Crippen LogP contribution in [0.3, 0.4) is 0 Å². The number of sulfonamides is 1. The first-order valence-corrected chi connectivity index (χ1v) is 7.33. The predicted molar refractivity (Wildman–Crippen MR) is 76.2 cm³/mol. The molecule has 0 radical (unpaired) electrons. The molecule has 0 aromatic heterocycles. The van der Waals surface area contributed by atoms with E-state index in [4.69, 9.17) is 5.73 Å². The molecule has 0 aliphatic heterocycles. The standard InChI is InChI=1S/C11H14FN3O3S2/c1-15(2)10(16)6-14-20(17,18)7-3-4-9(12)8(5-7)11(13)19/h3-5,14H,6H2,1-2H3,(H2,13,19). The molecule has 1 aromatic carbocycles. The molecule has 0 bridgehead atoms. The van der Waals surface area contributed by atoms with Crippen molar-refractivity contribution >= 4 is 33.1 Å². The van der Waals surface area contributed by atoms with Crippen molar-refractivity contribution in [1.29, 1.82) is 0 Å². The van der Waals surface area contributed by atoms with Crippen molar-refractivity contribution in [1.82, 2.24) is 9.62 Å². The molecule has 0 heterocycles. The average molecular weight is 319 g/mol. The van der Waals surface area contributed by atoms with Crippen LogP contribution < -0.4 is 10.5 Å². The van der Waals surface area contributed by atoms with E-state index in [2.05, 4.69) is 16.9 Å². The molecule has 9 heteroatoms. The van der Waals surface area contributed by atoms with E-state index in [9.17, 15) is 17.6 Å². The lowest BCUT2D eigenvalue weighted by Crippen LogP contribution is -2.36. The summed E-state index contributed by atoms with van der Waals surface area (Å²) in [5.74, 6) is -1.12. The van der Waals surface area contributed by atoms with Crippen LogP contribution in [0.5, 0.6) is 0 Å². The summed E-state index contributed by atoms with van der Waals surface area (Å²) in [6, 6.07) is 3.05. The molecule has 0 saturated heterocycles. The van der Waals surface area contributed by atoms with Gasteiger partial charge in [-0.15, -0.1) is 0 Å². The zero-order valence-electron chi connectivity index (χ0n) is 10.9. The lowest BCUT2D eigenvalue weighted by atomic mass is 10.2. The SMILES string of the molecule is CN(C)C(=O)CNS(=O)(=O)c1ccc(F)c(C(N)=S)c1. The number of thiocarbonyl (C=S) groups is 1. The number of hydrogen-bond donors (Lipinski definition) is 2. The number of nitrogens with two attached hydrogens (primary N) is 1. The first-order valence-electron chi connectivity index (χ1n) is 5.44. The van der Waals surface area contributed by atoms with E-state index >= 15 is 0 Å². The van der Waals surface area contributed by atoms with Gasteiger partial charge in [-0.1, -0.05) is 12.2 Å². The number of amides is 1. The number of carbonyl (C=O) groups excluding carboxylic acids is 1. The monoisotopic (exact) mass is 319 g/mol. The van der Waals surface area contributed by atoms with Gasteiger partial charge in [0, 0.05) is 19.7 Å². The van der Waals surface area contributed by atoms with Crippen LogP contribution in [0.15, 0.2) is 23.1 Å². The fourth-order valence-electron chi connectivity index (χ4n) is 1.26. The molecule has 1 amide bonds. The third-order valence-corrected chi connectivity index (χ3v) is 4.04. The lowest BCUT2D eigenvalue weighted by Gasteiger charge is -2.12. The van der Waals surface area contributed by atoms with Gasteiger partial charge in [0.15, 0.2) is 0 Å². The molecule has 0 saturated carbocycles. The van der Waals surface area contributed by atoms with Gasteiger partial charge in [-0.05, 0) is 18.2 Å². The Morgan fingerprint density at radius 1 is 1.45 bits per heavy atom. The van der Waals surface area contributed by atoms with Crippen LogP contribution in [0.2, 0.25) is 0 Å². The van der Waals surface area contributed by atoms with Crippen molar-refractivity contribution < 1.29 is 17.6 Å². The van der Waals surface area contributed by atoms with E-state index in [0.29, 0.717) is 0 Å². The Labute approximate surface area is 121 Å². The summed E-state index contributed by atoms with van der Waals surface area (Å²) in [6.07, 6.45) is 0. The summed E-state index contributed by atoms with van der Waals surface area (Å²) in [4.78, 5) is 12.1. The first kappa shape index (κ1) is 16.5. The third-order valence-electron chi connectivity index (χ3n) is 2.43. The molecule has 110 valence electrons. The fourth-order valence-corrected chi connectivity index (χ4v) is 2.42. The highest BCUT2D eigenvalue weighted by molar-refractivity contribution is 7.89. The smallest absolute Gasteiger partial charge is 0.241 e. The maximum Gasteiger partial charge on any atom is 0.241 e. The van der Waals surface area contributed by atoms with E-state index in [1.54, 1.807) is 0 Å². The van der Waals surface area contributed by atoms with Gasteiger partial charge < -0.3 is 10.6 Å². The number of benzene rings is 1. The Kier molecular flexibility index (Phi) is 5.15. The summed E-state index contributed by atoms with van der Waals surface area (Å²) in [6.45, 7) is -0.394. The summed E-state index contributed by atoms with van der Waals surface area (Å²) < 4.78 is 39.4. The second-order valence-corrected chi connectivity index (χ2v) is 6.33. The maximum atomic E-state index is 13.4. The number of hydrogen-bond acceptors (Lipinski definition) is 4. The van der Waals surface area contributed by atoms with Crippen molar-refractivity contribution in [3.63, 3.8) is 0 Å². The normalized spacial score (nSPS) is 11.2. The van der Waals surface area contributed by atoms with Gasteiger partial charge in [0.05, 0.1) is 11.4 Å². The van der Waals surface area contributed by atoms with Crippen molar-refractivity contribution in [2.24, 2.45) is 5.73 Å². The van der Waals surface area contributed by atoms with E-state index < -0.39 is 28.3 Å². The third kappa shape index (κ3) is 3.95. The summed E-state index contributed by atoms with van der Waals surface area (Å²) in [5, 5.41) is 0. The topological polar surface area (TPSA) is 92.5 Å². The van der Waals surface area contributed by atoms with Gasteiger partial charge in [-0.2, -0.15) is 0 Å². The zero-order valence-corrected chi connectivity index (χ0v) is 12.5. The summed E-state index contributed by atoms with van der Waals surface area (Å²) in [7, 11) is -0.942. The number of likely N-dealkylation sites (N-methyl/N-ethyl adjacent to an activating group) is 1. The Hall–Kier alpha value is -1.58. The van der Waals surface area contributed by atoms with E-state index in [0.717, 1.165) is 18.2 Å². The second kappa shape index (κ2) is 6.25. The van der Waals surface area contributed by atoms with Crippen LogP contribution in [-0.4, -0.2) is 44.9 Å². The van der Waals surface area contributed by atoms with Crippen molar-refractivity contribution in [3.05, 3.63) is 29.6 Å². The quantitative estimate of drug-likeness (QED) is 0.735. The van der Waals surface area contributed by atoms with E-state index in [1.165, 1.54) is 19.0 Å². The van der Waals surface area contributed by atoms with Gasteiger partial charge in [-0.25, -0.2) is 17.5 Å². The van der Waals surface area contributed by atoms with Crippen molar-refractivity contribution in [3.8, 4) is 0 Å². The van der Waals surface area contributed by atoms with Crippen LogP contribution in [0.1, 0.15) is 5.56 Å². The number of nitrogens with zero attached hydrogens (tertiary/aromatic N) is 1. The highest BCUT2D eigenvalue weighted by atomic mass is 32.2. The van der Waals surface area contributed by atoms with Crippen LogP contribution in [0.4, 0.5) is 4.39 Å². The zero-order chi connectivity index (χ0) is 15.5. The molecule has 6 nitrogen and oxygen atoms in total. The molecule has 1 aromatic rings. The highest BCUT2D eigenvalue weighted by Crippen LogP contribution is 2.15. The Bertz CT molecular complexity index is 644. The highest BCUT2D eigenvalue weighted by Gasteiger charge is 2.18. The lowest BCUT2D eigenvalue weighted by molar-refractivity contribution is -0.127. The Balaban J connectivity index is 3.02. The van der Waals surface area contributed by atoms with E-state index in [1.807, 2.05) is 0 Å². The maximum absolute atomic E-state index is 13.4. The first-order chi connectivity index (χ1) is 9.15. The largest absolute Gasteiger partial charge is 0.389 e. The van der Waals surface area contributed by atoms with Gasteiger partial charge in [0.25, 0.3) is 0 Å². The van der Waals surface area contributed by atoms with Crippen LogP contribution in [-0.2, 0) is 14.8 Å². The van der Waals surface area contributed by atoms with E-state index in [-0.39, 0.29) is 15.4 Å². The molecular weight excluding hydrogens is 305 g/mol. The molecule has 0 atom stereocenters. The number of nitrogens with one attached hydrogen (secondary N) is 1. The average Bonchev–Trinajstić information content (AvgIpc) is 2.35. The van der Waals surface area contributed by atoms with Crippen LogP contribution in [0, 0.1) is 5.82 Å². The summed E-state index contributed by atoms with van der Waals surface area (Å²) in [5.41, 5.74) is 5.14. The van der Waals surface area contributed by atoms with Gasteiger partial charge in [-0.3, -0.25) is 4.79 Å². The summed E-state index contributed by atoms with van der Waals surface area (Å²) >= 11 is 4.63. The fraction of sp³-hybridized carbons (Fsp3) is 0.273. The van der Waals surface area contributed by atoms with Gasteiger partial charge >= 0.3 is 0 Å². The van der Waals surface area contributed by atoms with Gasteiger partial charge in [0.2, 0.25) is 15.9 Å². The molecule has 1 rings (SSSR count). The van der Waals surface area contributed by atoms with Gasteiger partial charge in [0.1, 0.15) is 10.8 Å².